The monoisotopic (exact) mass is 272 g/mol. The van der Waals surface area contributed by atoms with Crippen molar-refractivity contribution in [3.05, 3.63) is 51.6 Å². The zero-order valence-corrected chi connectivity index (χ0v) is 11.2. The summed E-state index contributed by atoms with van der Waals surface area (Å²) in [5, 5.41) is 9.89. The molecule has 5 heteroatoms. The molecule has 0 saturated heterocycles. The summed E-state index contributed by atoms with van der Waals surface area (Å²) in [4.78, 5) is 18.9. The van der Waals surface area contributed by atoms with Crippen LogP contribution < -0.4 is 10.3 Å². The molecule has 0 bridgehead atoms. The number of H-pyrrole nitrogens is 1. The maximum absolute atomic E-state index is 12.0. The molecule has 104 valence electrons. The summed E-state index contributed by atoms with van der Waals surface area (Å²) in [6, 6.07) is 7.71. The minimum Gasteiger partial charge on any atom is -0.493 e. The van der Waals surface area contributed by atoms with Crippen LogP contribution in [0.4, 0.5) is 0 Å². The standard InChI is InChI=1S/C15H16N2O3/c1-2-9-14(18)16-13(17-15(9)19)11-7-8-20-12-6-4-3-5-10(11)12/h3-6,11H,2,7-8H2,1H3,(H2,16,17,18,19). The molecule has 1 aromatic carbocycles. The van der Waals surface area contributed by atoms with Gasteiger partial charge in [-0.3, -0.25) is 4.79 Å². The molecule has 2 heterocycles. The normalized spacial score (nSPS) is 17.4. The summed E-state index contributed by atoms with van der Waals surface area (Å²) in [5.41, 5.74) is 1.05. The molecule has 0 radical (unpaired) electrons. The molecule has 5 nitrogen and oxygen atoms in total. The second-order valence-corrected chi connectivity index (χ2v) is 4.83. The van der Waals surface area contributed by atoms with Crippen molar-refractivity contribution in [3.63, 3.8) is 0 Å². The maximum Gasteiger partial charge on any atom is 0.257 e. The maximum atomic E-state index is 12.0. The van der Waals surface area contributed by atoms with Crippen LogP contribution in [0.15, 0.2) is 29.1 Å². The number of rotatable bonds is 2. The molecule has 2 N–H and O–H groups in total. The van der Waals surface area contributed by atoms with E-state index in [-0.39, 0.29) is 17.4 Å². The molecule has 20 heavy (non-hydrogen) atoms. The van der Waals surface area contributed by atoms with Gasteiger partial charge in [-0.25, -0.2) is 0 Å². The topological polar surface area (TPSA) is 75.2 Å². The quantitative estimate of drug-likeness (QED) is 0.876. The van der Waals surface area contributed by atoms with Crippen molar-refractivity contribution in [2.75, 3.05) is 6.61 Å². The van der Waals surface area contributed by atoms with E-state index in [1.54, 1.807) is 0 Å². The summed E-state index contributed by atoms with van der Waals surface area (Å²) < 4.78 is 5.60. The smallest absolute Gasteiger partial charge is 0.257 e. The Morgan fingerprint density at radius 1 is 1.45 bits per heavy atom. The fourth-order valence-electron chi connectivity index (χ4n) is 2.61. The van der Waals surface area contributed by atoms with E-state index in [0.717, 1.165) is 17.7 Å². The van der Waals surface area contributed by atoms with E-state index in [4.69, 9.17) is 4.74 Å². The number of nitrogens with zero attached hydrogens (tertiary/aromatic N) is 1. The SMILES string of the molecule is CCc1c(O)nc(C2CCOc3ccccc32)[nH]c1=O. The van der Waals surface area contributed by atoms with E-state index < -0.39 is 0 Å². The number of ether oxygens (including phenoxy) is 1. The predicted octanol–water partition coefficient (Wildman–Crippen LogP) is 1.95. The second kappa shape index (κ2) is 5.00. The Bertz CT molecular complexity index is 694. The van der Waals surface area contributed by atoms with Crippen LogP contribution in [0.1, 0.15) is 36.2 Å². The number of hydrogen-bond donors (Lipinski definition) is 2. The summed E-state index contributed by atoms with van der Waals surface area (Å²) in [6.45, 7) is 2.39. The number of aromatic hydroxyl groups is 1. The van der Waals surface area contributed by atoms with Crippen LogP contribution in [0.25, 0.3) is 0 Å². The first-order chi connectivity index (χ1) is 9.70. The minimum atomic E-state index is -0.265. The van der Waals surface area contributed by atoms with Gasteiger partial charge in [0.1, 0.15) is 11.6 Å². The Labute approximate surface area is 116 Å². The molecule has 1 aromatic heterocycles. The number of para-hydroxylation sites is 1. The van der Waals surface area contributed by atoms with Gasteiger partial charge in [-0.05, 0) is 18.9 Å². The molecule has 1 unspecified atom stereocenters. The molecular weight excluding hydrogens is 256 g/mol. The lowest BCUT2D eigenvalue weighted by atomic mass is 9.92. The van der Waals surface area contributed by atoms with Gasteiger partial charge in [-0.2, -0.15) is 4.98 Å². The van der Waals surface area contributed by atoms with E-state index in [1.165, 1.54) is 0 Å². The minimum absolute atomic E-state index is 0.0514. The Kier molecular flexibility index (Phi) is 3.18. The van der Waals surface area contributed by atoms with Crippen molar-refractivity contribution in [2.45, 2.75) is 25.7 Å². The fraction of sp³-hybridized carbons (Fsp3) is 0.333. The lowest BCUT2D eigenvalue weighted by Crippen LogP contribution is -2.22. The summed E-state index contributed by atoms with van der Waals surface area (Å²) >= 11 is 0. The van der Waals surface area contributed by atoms with Crippen LogP contribution in [0, 0.1) is 0 Å². The first-order valence-electron chi connectivity index (χ1n) is 6.74. The van der Waals surface area contributed by atoms with E-state index in [9.17, 15) is 9.90 Å². The van der Waals surface area contributed by atoms with Gasteiger partial charge in [-0.15, -0.1) is 0 Å². The van der Waals surface area contributed by atoms with Crippen LogP contribution >= 0.6 is 0 Å². The lowest BCUT2D eigenvalue weighted by Gasteiger charge is -2.25. The molecule has 1 aliphatic heterocycles. The highest BCUT2D eigenvalue weighted by atomic mass is 16.5. The van der Waals surface area contributed by atoms with E-state index >= 15 is 0 Å². The third-order valence-corrected chi connectivity index (χ3v) is 3.65. The summed E-state index contributed by atoms with van der Waals surface area (Å²) in [7, 11) is 0. The largest absolute Gasteiger partial charge is 0.493 e. The molecule has 0 spiro atoms. The number of hydrogen-bond acceptors (Lipinski definition) is 4. The molecule has 0 amide bonds. The van der Waals surface area contributed by atoms with Crippen molar-refractivity contribution in [3.8, 4) is 11.6 Å². The molecule has 1 aliphatic rings. The fourth-order valence-corrected chi connectivity index (χ4v) is 2.61. The number of benzene rings is 1. The average Bonchev–Trinajstić information content (AvgIpc) is 2.46. The van der Waals surface area contributed by atoms with Gasteiger partial charge in [0.15, 0.2) is 0 Å². The van der Waals surface area contributed by atoms with Crippen LogP contribution in [0.3, 0.4) is 0 Å². The average molecular weight is 272 g/mol. The van der Waals surface area contributed by atoms with Gasteiger partial charge < -0.3 is 14.8 Å². The predicted molar refractivity (Wildman–Crippen MR) is 74.3 cm³/mol. The molecule has 0 saturated carbocycles. The van der Waals surface area contributed by atoms with Gasteiger partial charge >= 0.3 is 0 Å². The highest BCUT2D eigenvalue weighted by Gasteiger charge is 2.25. The van der Waals surface area contributed by atoms with Crippen molar-refractivity contribution in [1.29, 1.82) is 0 Å². The molecule has 2 aromatic rings. The Morgan fingerprint density at radius 3 is 3.00 bits per heavy atom. The zero-order chi connectivity index (χ0) is 14.1. The van der Waals surface area contributed by atoms with E-state index in [1.807, 2.05) is 31.2 Å². The van der Waals surface area contributed by atoms with Gasteiger partial charge in [0.2, 0.25) is 5.88 Å². The molecule has 0 fully saturated rings. The van der Waals surface area contributed by atoms with Gasteiger partial charge in [0.05, 0.1) is 12.2 Å². The molecule has 3 rings (SSSR count). The van der Waals surface area contributed by atoms with Crippen LogP contribution in [-0.2, 0) is 6.42 Å². The molecule has 0 aliphatic carbocycles. The van der Waals surface area contributed by atoms with Crippen LogP contribution in [0.5, 0.6) is 11.6 Å². The zero-order valence-electron chi connectivity index (χ0n) is 11.2. The first kappa shape index (κ1) is 12.7. The Hall–Kier alpha value is -2.30. The molecular formula is C15H16N2O3. The summed E-state index contributed by atoms with van der Waals surface area (Å²) in [6.07, 6.45) is 1.18. The van der Waals surface area contributed by atoms with Gasteiger partial charge in [-0.1, -0.05) is 25.1 Å². The molecule has 1 atom stereocenters. The second-order valence-electron chi connectivity index (χ2n) is 4.83. The van der Waals surface area contributed by atoms with Crippen molar-refractivity contribution >= 4 is 0 Å². The Morgan fingerprint density at radius 2 is 2.25 bits per heavy atom. The number of fused-ring (bicyclic) bond motifs is 1. The number of nitrogens with one attached hydrogen (secondary N) is 1. The lowest BCUT2D eigenvalue weighted by molar-refractivity contribution is 0.273. The van der Waals surface area contributed by atoms with Gasteiger partial charge in [0.25, 0.3) is 5.56 Å². The Balaban J connectivity index is 2.09. The number of aromatic amines is 1. The van der Waals surface area contributed by atoms with Crippen LogP contribution in [-0.4, -0.2) is 21.7 Å². The first-order valence-corrected chi connectivity index (χ1v) is 6.74. The van der Waals surface area contributed by atoms with E-state index in [2.05, 4.69) is 9.97 Å². The highest BCUT2D eigenvalue weighted by Crippen LogP contribution is 2.36. The summed E-state index contributed by atoms with van der Waals surface area (Å²) in [5.74, 6) is 1.09. The third-order valence-electron chi connectivity index (χ3n) is 3.65. The van der Waals surface area contributed by atoms with E-state index in [0.29, 0.717) is 24.4 Å². The number of aromatic nitrogens is 2. The van der Waals surface area contributed by atoms with Crippen molar-refractivity contribution in [1.82, 2.24) is 9.97 Å². The van der Waals surface area contributed by atoms with Crippen molar-refractivity contribution < 1.29 is 9.84 Å². The van der Waals surface area contributed by atoms with Gasteiger partial charge in [0, 0.05) is 11.5 Å². The third kappa shape index (κ3) is 2.05. The van der Waals surface area contributed by atoms with Crippen LogP contribution in [0.2, 0.25) is 0 Å². The van der Waals surface area contributed by atoms with Crippen molar-refractivity contribution in [2.24, 2.45) is 0 Å². The highest BCUT2D eigenvalue weighted by molar-refractivity contribution is 5.41.